The van der Waals surface area contributed by atoms with Gasteiger partial charge in [-0.25, -0.2) is 8.42 Å². The van der Waals surface area contributed by atoms with Gasteiger partial charge in [-0.15, -0.1) is 0 Å². The number of amides is 2. The summed E-state index contributed by atoms with van der Waals surface area (Å²) in [5.41, 5.74) is 0.652. The Labute approximate surface area is 193 Å². The Morgan fingerprint density at radius 2 is 1.76 bits per heavy atom. The summed E-state index contributed by atoms with van der Waals surface area (Å²) < 4.78 is 37.6. The van der Waals surface area contributed by atoms with Gasteiger partial charge in [-0.3, -0.25) is 9.59 Å². The van der Waals surface area contributed by atoms with Gasteiger partial charge >= 0.3 is 0 Å². The lowest BCUT2D eigenvalue weighted by Gasteiger charge is -2.36. The number of carbonyl (C=O) groups excluding carboxylic acids is 2. The molecule has 1 N–H and O–H groups in total. The SMILES string of the molecule is COc1ccccc1C(=O)N[C@H](C(=O)N1CCN(S(=O)(=O)c2c(C)noc2C)CC1)C(C)C. The van der Waals surface area contributed by atoms with Crippen molar-refractivity contribution in [1.29, 1.82) is 0 Å². The van der Waals surface area contributed by atoms with Crippen LogP contribution in [0.25, 0.3) is 0 Å². The van der Waals surface area contributed by atoms with E-state index in [1.165, 1.54) is 11.4 Å². The van der Waals surface area contributed by atoms with Gasteiger partial charge in [-0.2, -0.15) is 4.31 Å². The van der Waals surface area contributed by atoms with Crippen LogP contribution in [0.1, 0.15) is 35.7 Å². The molecule has 0 saturated carbocycles. The fraction of sp³-hybridized carbons (Fsp3) is 0.500. The molecule has 0 aliphatic carbocycles. The Kier molecular flexibility index (Phi) is 7.43. The van der Waals surface area contributed by atoms with Crippen LogP contribution >= 0.6 is 0 Å². The molecule has 1 fully saturated rings. The minimum Gasteiger partial charge on any atom is -0.496 e. The van der Waals surface area contributed by atoms with Crippen LogP contribution < -0.4 is 10.1 Å². The number of methoxy groups -OCH3 is 1. The van der Waals surface area contributed by atoms with E-state index in [1.807, 2.05) is 13.8 Å². The summed E-state index contributed by atoms with van der Waals surface area (Å²) >= 11 is 0. The van der Waals surface area contributed by atoms with Crippen LogP contribution in [-0.2, 0) is 14.8 Å². The van der Waals surface area contributed by atoms with E-state index in [0.717, 1.165) is 0 Å². The fourth-order valence-electron chi connectivity index (χ4n) is 3.88. The Balaban J connectivity index is 1.69. The highest BCUT2D eigenvalue weighted by Gasteiger charge is 2.36. The quantitative estimate of drug-likeness (QED) is 0.641. The lowest BCUT2D eigenvalue weighted by molar-refractivity contribution is -0.135. The van der Waals surface area contributed by atoms with Crippen LogP contribution in [-0.4, -0.2) is 73.9 Å². The first kappa shape index (κ1) is 24.7. The third-order valence-corrected chi connectivity index (χ3v) is 7.83. The molecule has 1 aliphatic heterocycles. The predicted molar refractivity (Wildman–Crippen MR) is 120 cm³/mol. The summed E-state index contributed by atoms with van der Waals surface area (Å²) in [4.78, 5) is 27.7. The average molecular weight is 479 g/mol. The van der Waals surface area contributed by atoms with Gasteiger partial charge in [0.25, 0.3) is 5.91 Å². The lowest BCUT2D eigenvalue weighted by atomic mass is 10.0. The minimum atomic E-state index is -3.77. The molecule has 11 heteroatoms. The van der Waals surface area contributed by atoms with E-state index < -0.39 is 22.0 Å². The van der Waals surface area contributed by atoms with Gasteiger partial charge in [0.2, 0.25) is 15.9 Å². The number of rotatable bonds is 7. The van der Waals surface area contributed by atoms with Gasteiger partial charge in [-0.05, 0) is 31.9 Å². The van der Waals surface area contributed by atoms with Crippen molar-refractivity contribution in [3.05, 3.63) is 41.3 Å². The number of hydrogen-bond acceptors (Lipinski definition) is 7. The highest BCUT2D eigenvalue weighted by atomic mass is 32.2. The van der Waals surface area contributed by atoms with Gasteiger partial charge < -0.3 is 19.5 Å². The van der Waals surface area contributed by atoms with Crippen molar-refractivity contribution < 1.29 is 27.3 Å². The number of carbonyl (C=O) groups is 2. The number of sulfonamides is 1. The minimum absolute atomic E-state index is 0.0754. The van der Waals surface area contributed by atoms with Gasteiger partial charge in [0.05, 0.1) is 12.7 Å². The summed E-state index contributed by atoms with van der Waals surface area (Å²) in [7, 11) is -2.29. The van der Waals surface area contributed by atoms with Crippen LogP contribution in [0.2, 0.25) is 0 Å². The molecule has 2 heterocycles. The second-order valence-electron chi connectivity index (χ2n) is 8.28. The largest absolute Gasteiger partial charge is 0.496 e. The number of nitrogens with one attached hydrogen (secondary N) is 1. The van der Waals surface area contributed by atoms with Crippen molar-refractivity contribution in [3.63, 3.8) is 0 Å². The zero-order valence-electron chi connectivity index (χ0n) is 19.5. The Hall–Kier alpha value is -2.92. The molecule has 1 aliphatic rings. The van der Waals surface area contributed by atoms with E-state index in [1.54, 1.807) is 43.0 Å². The molecular formula is C22H30N4O6S. The second kappa shape index (κ2) is 9.92. The van der Waals surface area contributed by atoms with E-state index in [0.29, 0.717) is 17.0 Å². The van der Waals surface area contributed by atoms with Gasteiger partial charge in [0.15, 0.2) is 5.76 Å². The number of nitrogens with zero attached hydrogens (tertiary/aromatic N) is 3. The van der Waals surface area contributed by atoms with Gasteiger partial charge in [-0.1, -0.05) is 31.1 Å². The first-order valence-electron chi connectivity index (χ1n) is 10.7. The molecule has 1 atom stereocenters. The summed E-state index contributed by atoms with van der Waals surface area (Å²) in [5.74, 6) is -0.157. The molecular weight excluding hydrogens is 448 g/mol. The molecule has 0 radical (unpaired) electrons. The molecule has 2 amide bonds. The van der Waals surface area contributed by atoms with Crippen molar-refractivity contribution >= 4 is 21.8 Å². The first-order valence-corrected chi connectivity index (χ1v) is 12.2. The lowest BCUT2D eigenvalue weighted by Crippen LogP contribution is -2.57. The number of aromatic nitrogens is 1. The molecule has 2 aromatic rings. The highest BCUT2D eigenvalue weighted by Crippen LogP contribution is 2.24. The molecule has 0 spiro atoms. The van der Waals surface area contributed by atoms with Crippen LogP contribution in [0.15, 0.2) is 33.7 Å². The van der Waals surface area contributed by atoms with Crippen LogP contribution in [0, 0.1) is 19.8 Å². The van der Waals surface area contributed by atoms with E-state index in [4.69, 9.17) is 9.26 Å². The summed E-state index contributed by atoms with van der Waals surface area (Å²) in [6.07, 6.45) is 0. The first-order chi connectivity index (χ1) is 15.6. The number of ether oxygens (including phenoxy) is 1. The smallest absolute Gasteiger partial charge is 0.255 e. The maximum Gasteiger partial charge on any atom is 0.255 e. The molecule has 1 saturated heterocycles. The Morgan fingerprint density at radius 3 is 2.30 bits per heavy atom. The number of aryl methyl sites for hydroxylation is 2. The van der Waals surface area contributed by atoms with E-state index in [2.05, 4.69) is 10.5 Å². The number of hydrogen-bond donors (Lipinski definition) is 1. The van der Waals surface area contributed by atoms with Gasteiger partial charge in [0.1, 0.15) is 22.4 Å². The van der Waals surface area contributed by atoms with Crippen molar-refractivity contribution in [2.45, 2.75) is 38.6 Å². The van der Waals surface area contributed by atoms with Crippen molar-refractivity contribution in [2.75, 3.05) is 33.3 Å². The maximum absolute atomic E-state index is 13.2. The van der Waals surface area contributed by atoms with Crippen molar-refractivity contribution in [2.24, 2.45) is 5.92 Å². The number of para-hydroxylation sites is 1. The van der Waals surface area contributed by atoms with Crippen LogP contribution in [0.4, 0.5) is 0 Å². The fourth-order valence-corrected chi connectivity index (χ4v) is 5.60. The topological polar surface area (TPSA) is 122 Å². The second-order valence-corrected chi connectivity index (χ2v) is 10.2. The van der Waals surface area contributed by atoms with E-state index in [9.17, 15) is 18.0 Å². The van der Waals surface area contributed by atoms with Gasteiger partial charge in [0, 0.05) is 26.2 Å². The normalized spacial score (nSPS) is 16.0. The summed E-state index contributed by atoms with van der Waals surface area (Å²) in [5, 5.41) is 6.55. The van der Waals surface area contributed by atoms with Crippen LogP contribution in [0.3, 0.4) is 0 Å². The molecule has 180 valence electrons. The zero-order chi connectivity index (χ0) is 24.3. The standard InChI is InChI=1S/C22H30N4O6S/c1-14(2)19(23-21(27)17-8-6-7-9-18(17)31-5)22(28)25-10-12-26(13-11-25)33(29,30)20-15(3)24-32-16(20)4/h6-9,14,19H,10-13H2,1-5H3,(H,23,27)/t19-/m0/s1. The van der Waals surface area contributed by atoms with E-state index >= 15 is 0 Å². The van der Waals surface area contributed by atoms with Crippen molar-refractivity contribution in [1.82, 2.24) is 19.7 Å². The number of piperazine rings is 1. The summed E-state index contributed by atoms with van der Waals surface area (Å²) in [6, 6.07) is 6.04. The molecule has 1 aromatic heterocycles. The molecule has 3 rings (SSSR count). The molecule has 0 unspecified atom stereocenters. The summed E-state index contributed by atoms with van der Waals surface area (Å²) in [6.45, 7) is 7.56. The monoisotopic (exact) mass is 478 g/mol. The molecule has 33 heavy (non-hydrogen) atoms. The van der Waals surface area contributed by atoms with E-state index in [-0.39, 0.29) is 48.7 Å². The highest BCUT2D eigenvalue weighted by molar-refractivity contribution is 7.89. The average Bonchev–Trinajstić information content (AvgIpc) is 3.15. The Morgan fingerprint density at radius 1 is 1.12 bits per heavy atom. The predicted octanol–water partition coefficient (Wildman–Crippen LogP) is 1.59. The number of benzene rings is 1. The molecule has 1 aromatic carbocycles. The molecule has 0 bridgehead atoms. The maximum atomic E-state index is 13.2. The third-order valence-electron chi connectivity index (χ3n) is 5.69. The Bertz CT molecular complexity index is 1100. The van der Waals surface area contributed by atoms with Crippen LogP contribution in [0.5, 0.6) is 5.75 Å². The zero-order valence-corrected chi connectivity index (χ0v) is 20.3. The molecule has 10 nitrogen and oxygen atoms in total. The third kappa shape index (κ3) is 5.03. The van der Waals surface area contributed by atoms with Crippen molar-refractivity contribution in [3.8, 4) is 5.75 Å².